The van der Waals surface area contributed by atoms with Gasteiger partial charge < -0.3 is 10.0 Å². The van der Waals surface area contributed by atoms with Crippen molar-refractivity contribution in [3.63, 3.8) is 0 Å². The molecule has 3 nitrogen and oxygen atoms in total. The SMILES string of the molecule is CCN(CC)CC(C)(Br)C(=O)O. The van der Waals surface area contributed by atoms with Crippen molar-refractivity contribution < 1.29 is 9.90 Å². The summed E-state index contributed by atoms with van der Waals surface area (Å²) in [4.78, 5) is 12.8. The largest absolute Gasteiger partial charge is 0.480 e. The zero-order valence-corrected chi connectivity index (χ0v) is 9.39. The molecule has 0 saturated carbocycles. The Labute approximate surface area is 81.9 Å². The Morgan fingerprint density at radius 2 is 1.92 bits per heavy atom. The van der Waals surface area contributed by atoms with Crippen LogP contribution in [0.15, 0.2) is 0 Å². The maximum absolute atomic E-state index is 10.7. The molecule has 0 aromatic carbocycles. The Kier molecular flexibility index (Phi) is 4.78. The van der Waals surface area contributed by atoms with E-state index in [0.717, 1.165) is 13.1 Å². The van der Waals surface area contributed by atoms with Gasteiger partial charge in [-0.2, -0.15) is 0 Å². The molecule has 0 aliphatic heterocycles. The highest BCUT2D eigenvalue weighted by Gasteiger charge is 2.30. The maximum Gasteiger partial charge on any atom is 0.321 e. The molecule has 1 unspecified atom stereocenters. The third-order valence-corrected chi connectivity index (χ3v) is 2.45. The minimum atomic E-state index is -0.820. The highest BCUT2D eigenvalue weighted by atomic mass is 79.9. The molecular weight excluding hydrogens is 222 g/mol. The summed E-state index contributed by atoms with van der Waals surface area (Å²) < 4.78 is -0.820. The Morgan fingerprint density at radius 3 is 2.17 bits per heavy atom. The van der Waals surface area contributed by atoms with Crippen molar-refractivity contribution in [2.75, 3.05) is 19.6 Å². The first kappa shape index (κ1) is 11.9. The highest BCUT2D eigenvalue weighted by molar-refractivity contribution is 9.10. The first-order valence-electron chi connectivity index (χ1n) is 4.08. The van der Waals surface area contributed by atoms with Crippen LogP contribution in [0.25, 0.3) is 0 Å². The van der Waals surface area contributed by atoms with Crippen molar-refractivity contribution in [1.82, 2.24) is 4.90 Å². The number of rotatable bonds is 5. The van der Waals surface area contributed by atoms with Gasteiger partial charge in [0.15, 0.2) is 0 Å². The van der Waals surface area contributed by atoms with E-state index in [1.54, 1.807) is 6.92 Å². The molecule has 0 aromatic rings. The van der Waals surface area contributed by atoms with Crippen molar-refractivity contribution in [3.8, 4) is 0 Å². The molecule has 0 rings (SSSR count). The van der Waals surface area contributed by atoms with Gasteiger partial charge in [-0.3, -0.25) is 4.79 Å². The number of carboxylic acid groups (broad SMARTS) is 1. The zero-order chi connectivity index (χ0) is 9.78. The predicted molar refractivity (Wildman–Crippen MR) is 52.8 cm³/mol. The van der Waals surface area contributed by atoms with Crippen LogP contribution in [-0.4, -0.2) is 39.9 Å². The Hall–Kier alpha value is -0.0900. The molecule has 0 aliphatic carbocycles. The number of carbonyl (C=O) groups is 1. The fourth-order valence-electron chi connectivity index (χ4n) is 0.935. The van der Waals surface area contributed by atoms with Crippen molar-refractivity contribution in [2.45, 2.75) is 25.1 Å². The number of alkyl halides is 1. The van der Waals surface area contributed by atoms with Crippen molar-refractivity contribution in [2.24, 2.45) is 0 Å². The molecule has 0 aliphatic rings. The molecule has 12 heavy (non-hydrogen) atoms. The first-order chi connectivity index (χ1) is 5.44. The summed E-state index contributed by atoms with van der Waals surface area (Å²) in [5.41, 5.74) is 0. The second kappa shape index (κ2) is 4.82. The summed E-state index contributed by atoms with van der Waals surface area (Å²) in [5.74, 6) is -0.811. The summed E-state index contributed by atoms with van der Waals surface area (Å²) >= 11 is 3.19. The van der Waals surface area contributed by atoms with Crippen molar-refractivity contribution >= 4 is 21.9 Å². The lowest BCUT2D eigenvalue weighted by Gasteiger charge is -2.26. The first-order valence-corrected chi connectivity index (χ1v) is 4.88. The number of hydrogen-bond donors (Lipinski definition) is 1. The molecule has 0 fully saturated rings. The van der Waals surface area contributed by atoms with Crippen LogP contribution >= 0.6 is 15.9 Å². The lowest BCUT2D eigenvalue weighted by atomic mass is 10.1. The number of halogens is 1. The third kappa shape index (κ3) is 3.54. The second-order valence-electron chi connectivity index (χ2n) is 2.96. The number of aliphatic carboxylic acids is 1. The van der Waals surface area contributed by atoms with Crippen LogP contribution < -0.4 is 0 Å². The zero-order valence-electron chi connectivity index (χ0n) is 7.80. The van der Waals surface area contributed by atoms with Crippen LogP contribution in [0.1, 0.15) is 20.8 Å². The van der Waals surface area contributed by atoms with Crippen molar-refractivity contribution in [3.05, 3.63) is 0 Å². The smallest absolute Gasteiger partial charge is 0.321 e. The summed E-state index contributed by atoms with van der Waals surface area (Å²) in [6.07, 6.45) is 0. The Balaban J connectivity index is 4.12. The lowest BCUT2D eigenvalue weighted by Crippen LogP contribution is -2.42. The Bertz CT molecular complexity index is 155. The van der Waals surface area contributed by atoms with Gasteiger partial charge in [0.05, 0.1) is 0 Å². The van der Waals surface area contributed by atoms with Crippen LogP contribution in [0.4, 0.5) is 0 Å². The van der Waals surface area contributed by atoms with Gasteiger partial charge in [0.1, 0.15) is 4.32 Å². The van der Waals surface area contributed by atoms with Crippen LogP contribution in [0.5, 0.6) is 0 Å². The average Bonchev–Trinajstić information content (AvgIpc) is 2.00. The minimum Gasteiger partial charge on any atom is -0.480 e. The van der Waals surface area contributed by atoms with Gasteiger partial charge in [-0.05, 0) is 20.0 Å². The minimum absolute atomic E-state index is 0.537. The van der Waals surface area contributed by atoms with Crippen molar-refractivity contribution in [1.29, 1.82) is 0 Å². The van der Waals surface area contributed by atoms with Gasteiger partial charge in [0.2, 0.25) is 0 Å². The second-order valence-corrected chi connectivity index (χ2v) is 4.71. The molecule has 1 atom stereocenters. The van der Waals surface area contributed by atoms with E-state index in [4.69, 9.17) is 5.11 Å². The fourth-order valence-corrected chi connectivity index (χ4v) is 1.29. The normalized spacial score (nSPS) is 16.1. The van der Waals surface area contributed by atoms with E-state index in [1.807, 2.05) is 13.8 Å². The quantitative estimate of drug-likeness (QED) is 0.739. The molecule has 0 saturated heterocycles. The van der Waals surface area contributed by atoms with Gasteiger partial charge in [0, 0.05) is 6.54 Å². The number of hydrogen-bond acceptors (Lipinski definition) is 2. The summed E-state index contributed by atoms with van der Waals surface area (Å²) in [6, 6.07) is 0. The molecule has 0 aromatic heterocycles. The Morgan fingerprint density at radius 1 is 1.50 bits per heavy atom. The summed E-state index contributed by atoms with van der Waals surface area (Å²) in [5, 5.41) is 8.81. The highest BCUT2D eigenvalue weighted by Crippen LogP contribution is 2.18. The molecule has 0 bridgehead atoms. The van der Waals surface area contributed by atoms with Gasteiger partial charge >= 0.3 is 5.97 Å². The van der Waals surface area contributed by atoms with Gasteiger partial charge in [0.25, 0.3) is 0 Å². The van der Waals surface area contributed by atoms with Crippen LogP contribution in [0.3, 0.4) is 0 Å². The van der Waals surface area contributed by atoms with E-state index in [1.165, 1.54) is 0 Å². The molecule has 4 heteroatoms. The lowest BCUT2D eigenvalue weighted by molar-refractivity contribution is -0.139. The van der Waals surface area contributed by atoms with E-state index >= 15 is 0 Å². The van der Waals surface area contributed by atoms with Gasteiger partial charge in [-0.25, -0.2) is 0 Å². The summed E-state index contributed by atoms with van der Waals surface area (Å²) in [6.45, 7) is 8.02. The average molecular weight is 238 g/mol. The monoisotopic (exact) mass is 237 g/mol. The van der Waals surface area contributed by atoms with Crippen LogP contribution in [0, 0.1) is 0 Å². The van der Waals surface area contributed by atoms with Crippen LogP contribution in [0.2, 0.25) is 0 Å². The van der Waals surface area contributed by atoms with E-state index in [2.05, 4.69) is 20.8 Å². The van der Waals surface area contributed by atoms with Crippen LogP contribution in [-0.2, 0) is 4.79 Å². The molecule has 0 radical (unpaired) electrons. The molecule has 1 N–H and O–H groups in total. The summed E-state index contributed by atoms with van der Waals surface area (Å²) in [7, 11) is 0. The number of nitrogens with zero attached hydrogens (tertiary/aromatic N) is 1. The standard InChI is InChI=1S/C8H16BrNO2/c1-4-10(5-2)6-8(3,9)7(11)12/h4-6H2,1-3H3,(H,11,12). The molecular formula is C8H16BrNO2. The molecule has 72 valence electrons. The topological polar surface area (TPSA) is 40.5 Å². The molecule has 0 amide bonds. The van der Waals surface area contributed by atoms with Gasteiger partial charge in [-0.1, -0.05) is 29.8 Å². The molecule has 0 spiro atoms. The van der Waals surface area contributed by atoms with E-state index in [9.17, 15) is 4.79 Å². The third-order valence-electron chi connectivity index (χ3n) is 1.86. The van der Waals surface area contributed by atoms with E-state index in [0.29, 0.717) is 6.54 Å². The fraction of sp³-hybridized carbons (Fsp3) is 0.875. The number of carboxylic acids is 1. The van der Waals surface area contributed by atoms with E-state index < -0.39 is 10.3 Å². The molecule has 0 heterocycles. The maximum atomic E-state index is 10.7. The van der Waals surface area contributed by atoms with Gasteiger partial charge in [-0.15, -0.1) is 0 Å². The predicted octanol–water partition coefficient (Wildman–Crippen LogP) is 1.57. The van der Waals surface area contributed by atoms with E-state index in [-0.39, 0.29) is 0 Å².